The quantitative estimate of drug-likeness (QED) is 0.0747. The molecule has 0 radical (unpaired) electrons. The normalized spacial score (nSPS) is 19.6. The molecule has 1 saturated heterocycles. The molecular formula is C46H45O9P. The number of phosphoric acid groups is 1. The van der Waals surface area contributed by atoms with Crippen molar-refractivity contribution in [2.45, 2.75) is 57.1 Å². The SMILES string of the molecule is O=P(Oc1ccccc1)(Oc1ccccc1)O[C@@H]1OC(COCc2ccccc2)[C@H](OCc2ccccc2)[C@H](OCc2ccccc2)C1OCc1ccccc1. The Bertz CT molecular complexity index is 2000. The van der Waals surface area contributed by atoms with Crippen LogP contribution in [0.1, 0.15) is 22.3 Å². The zero-order valence-corrected chi connectivity index (χ0v) is 31.8. The van der Waals surface area contributed by atoms with Crippen molar-refractivity contribution in [2.24, 2.45) is 0 Å². The average molecular weight is 773 g/mol. The molecule has 1 aliphatic heterocycles. The molecule has 5 atom stereocenters. The number of ether oxygens (including phenoxy) is 5. The third kappa shape index (κ3) is 11.5. The molecule has 2 unspecified atom stereocenters. The minimum absolute atomic E-state index is 0.0915. The first kappa shape index (κ1) is 39.2. The molecule has 9 nitrogen and oxygen atoms in total. The summed E-state index contributed by atoms with van der Waals surface area (Å²) in [6.07, 6.45) is -4.63. The summed E-state index contributed by atoms with van der Waals surface area (Å²) in [5.41, 5.74) is 3.82. The van der Waals surface area contributed by atoms with E-state index < -0.39 is 38.5 Å². The lowest BCUT2D eigenvalue weighted by atomic mass is 9.98. The van der Waals surface area contributed by atoms with Gasteiger partial charge in [0.25, 0.3) is 0 Å². The number of rotatable bonds is 19. The molecule has 288 valence electrons. The summed E-state index contributed by atoms with van der Waals surface area (Å²) in [5.74, 6) is 0.570. The van der Waals surface area contributed by atoms with Crippen LogP contribution < -0.4 is 9.05 Å². The predicted molar refractivity (Wildman–Crippen MR) is 213 cm³/mol. The Morgan fingerprint density at radius 1 is 0.429 bits per heavy atom. The molecule has 0 aliphatic carbocycles. The highest BCUT2D eigenvalue weighted by molar-refractivity contribution is 7.49. The van der Waals surface area contributed by atoms with Gasteiger partial charge < -0.3 is 32.7 Å². The second kappa shape index (κ2) is 20.2. The van der Waals surface area contributed by atoms with Crippen molar-refractivity contribution in [2.75, 3.05) is 6.61 Å². The third-order valence-corrected chi connectivity index (χ3v) is 10.3. The van der Waals surface area contributed by atoms with E-state index in [9.17, 15) is 4.57 Å². The van der Waals surface area contributed by atoms with Gasteiger partial charge in [0.05, 0.1) is 33.0 Å². The van der Waals surface area contributed by atoms with Gasteiger partial charge in [0.2, 0.25) is 6.29 Å². The molecule has 6 aromatic rings. The fourth-order valence-corrected chi connectivity index (χ4v) is 7.55. The summed E-state index contributed by atoms with van der Waals surface area (Å²) in [6.45, 7) is 1.08. The number of para-hydroxylation sites is 2. The van der Waals surface area contributed by atoms with Crippen LogP contribution in [0.5, 0.6) is 11.5 Å². The predicted octanol–water partition coefficient (Wildman–Crippen LogP) is 9.97. The molecule has 0 saturated carbocycles. The Hall–Kier alpha value is -5.09. The largest absolute Gasteiger partial charge is 0.590 e. The molecule has 1 aliphatic rings. The summed E-state index contributed by atoms with van der Waals surface area (Å²) in [7, 11) is -4.49. The molecule has 0 amide bonds. The van der Waals surface area contributed by atoms with Crippen LogP contribution in [0.25, 0.3) is 0 Å². The summed E-state index contributed by atoms with van der Waals surface area (Å²) < 4.78 is 66.8. The maximum absolute atomic E-state index is 14.9. The highest BCUT2D eigenvalue weighted by Crippen LogP contribution is 2.52. The van der Waals surface area contributed by atoms with Gasteiger partial charge >= 0.3 is 7.82 Å². The molecular weight excluding hydrogens is 727 g/mol. The monoisotopic (exact) mass is 772 g/mol. The Morgan fingerprint density at radius 3 is 1.21 bits per heavy atom. The Kier molecular flexibility index (Phi) is 14.1. The van der Waals surface area contributed by atoms with Crippen molar-refractivity contribution >= 4 is 7.82 Å². The van der Waals surface area contributed by atoms with E-state index in [4.69, 9.17) is 37.3 Å². The van der Waals surface area contributed by atoms with Gasteiger partial charge in [-0.25, -0.2) is 9.09 Å². The molecule has 7 rings (SSSR count). The van der Waals surface area contributed by atoms with Crippen molar-refractivity contribution in [3.8, 4) is 11.5 Å². The summed E-state index contributed by atoms with van der Waals surface area (Å²) >= 11 is 0. The smallest absolute Gasteiger partial charge is 0.395 e. The third-order valence-electron chi connectivity index (χ3n) is 8.99. The zero-order valence-electron chi connectivity index (χ0n) is 30.9. The second-order valence-corrected chi connectivity index (χ2v) is 14.7. The van der Waals surface area contributed by atoms with Gasteiger partial charge in [0.1, 0.15) is 35.9 Å². The number of hydrogen-bond acceptors (Lipinski definition) is 9. The molecule has 56 heavy (non-hydrogen) atoms. The van der Waals surface area contributed by atoms with E-state index in [0.717, 1.165) is 22.3 Å². The lowest BCUT2D eigenvalue weighted by Gasteiger charge is -2.46. The van der Waals surface area contributed by atoms with Crippen molar-refractivity contribution in [1.82, 2.24) is 0 Å². The number of phosphoric ester groups is 1. The summed E-state index contributed by atoms with van der Waals surface area (Å²) in [5, 5.41) is 0. The number of hydrogen-bond donors (Lipinski definition) is 0. The van der Waals surface area contributed by atoms with E-state index in [2.05, 4.69) is 0 Å². The van der Waals surface area contributed by atoms with Crippen LogP contribution in [0, 0.1) is 0 Å². The fraction of sp³-hybridized carbons (Fsp3) is 0.217. The number of benzene rings is 6. The Balaban J connectivity index is 1.26. The van der Waals surface area contributed by atoms with E-state index in [1.807, 2.05) is 133 Å². The first-order chi connectivity index (χ1) is 27.6. The van der Waals surface area contributed by atoms with Crippen molar-refractivity contribution in [3.05, 3.63) is 204 Å². The van der Waals surface area contributed by atoms with Gasteiger partial charge in [-0.2, -0.15) is 0 Å². The van der Waals surface area contributed by atoms with Crippen LogP contribution in [0.3, 0.4) is 0 Å². The Labute approximate surface area is 328 Å². The molecule has 0 aromatic heterocycles. The molecule has 1 heterocycles. The fourth-order valence-electron chi connectivity index (χ4n) is 6.24. The highest BCUT2D eigenvalue weighted by atomic mass is 31.2. The molecule has 1 fully saturated rings. The van der Waals surface area contributed by atoms with Crippen LogP contribution in [-0.2, 0) is 59.2 Å². The first-order valence-electron chi connectivity index (χ1n) is 18.6. The second-order valence-electron chi connectivity index (χ2n) is 13.2. The van der Waals surface area contributed by atoms with Crippen LogP contribution in [-0.4, -0.2) is 37.3 Å². The average Bonchev–Trinajstić information content (AvgIpc) is 3.24. The molecule has 6 aromatic carbocycles. The van der Waals surface area contributed by atoms with Crippen LogP contribution in [0.2, 0.25) is 0 Å². The van der Waals surface area contributed by atoms with Crippen molar-refractivity contribution in [3.63, 3.8) is 0 Å². The van der Waals surface area contributed by atoms with Gasteiger partial charge in [0.15, 0.2) is 0 Å². The van der Waals surface area contributed by atoms with E-state index >= 15 is 0 Å². The lowest BCUT2D eigenvalue weighted by Crippen LogP contribution is -2.61. The maximum atomic E-state index is 14.9. The maximum Gasteiger partial charge on any atom is 0.590 e. The van der Waals surface area contributed by atoms with Crippen LogP contribution >= 0.6 is 7.82 Å². The van der Waals surface area contributed by atoms with E-state index in [1.165, 1.54) is 0 Å². The van der Waals surface area contributed by atoms with Gasteiger partial charge in [-0.15, -0.1) is 0 Å². The molecule has 0 N–H and O–H groups in total. The minimum atomic E-state index is -4.49. The summed E-state index contributed by atoms with van der Waals surface area (Å²) in [4.78, 5) is 0. The van der Waals surface area contributed by atoms with E-state index in [-0.39, 0.29) is 37.9 Å². The topological polar surface area (TPSA) is 90.9 Å². The molecule has 10 heteroatoms. The van der Waals surface area contributed by atoms with Crippen molar-refractivity contribution < 1.29 is 41.8 Å². The standard InChI is InChI=1S/C46H45O9P/c47-56(53-40-27-15-5-16-28-40,54-41-29-17-6-18-30-41)55-46-45(51-34-39-25-13-4-14-26-39)44(50-33-38-23-11-3-12-24-38)43(49-32-37-21-9-2-10-22-37)42(52-46)35-48-31-36-19-7-1-8-20-36/h1-30,42-46H,31-35H2/t42?,43-,44-,45?,46-/m0/s1. The Morgan fingerprint density at radius 2 is 0.786 bits per heavy atom. The minimum Gasteiger partial charge on any atom is -0.395 e. The molecule has 0 spiro atoms. The van der Waals surface area contributed by atoms with Gasteiger partial charge in [-0.3, -0.25) is 0 Å². The van der Waals surface area contributed by atoms with E-state index in [1.54, 1.807) is 48.5 Å². The first-order valence-corrected chi connectivity index (χ1v) is 20.1. The zero-order chi connectivity index (χ0) is 38.3. The summed E-state index contributed by atoms with van der Waals surface area (Å²) in [6, 6.07) is 56.8. The van der Waals surface area contributed by atoms with Crippen LogP contribution in [0.4, 0.5) is 0 Å². The van der Waals surface area contributed by atoms with Gasteiger partial charge in [-0.1, -0.05) is 158 Å². The highest BCUT2D eigenvalue weighted by Gasteiger charge is 2.52. The lowest BCUT2D eigenvalue weighted by molar-refractivity contribution is -0.312. The van der Waals surface area contributed by atoms with Gasteiger partial charge in [0, 0.05) is 0 Å². The van der Waals surface area contributed by atoms with E-state index in [0.29, 0.717) is 6.61 Å². The molecule has 0 bridgehead atoms. The van der Waals surface area contributed by atoms with Crippen molar-refractivity contribution in [1.29, 1.82) is 0 Å². The van der Waals surface area contributed by atoms with Crippen LogP contribution in [0.15, 0.2) is 182 Å². The van der Waals surface area contributed by atoms with Gasteiger partial charge in [-0.05, 0) is 46.5 Å².